The SMILES string of the molecule is Cc1c(C(=O)N2CC(Cc3ccccc3)C2)cnn1C1CCOCC1. The van der Waals surface area contributed by atoms with Crippen molar-refractivity contribution in [2.75, 3.05) is 26.3 Å². The quantitative estimate of drug-likeness (QED) is 0.860. The Hall–Kier alpha value is -2.14. The molecule has 0 unspecified atom stereocenters. The summed E-state index contributed by atoms with van der Waals surface area (Å²) >= 11 is 0. The Kier molecular flexibility index (Phi) is 4.57. The summed E-state index contributed by atoms with van der Waals surface area (Å²) in [7, 11) is 0. The van der Waals surface area contributed by atoms with Crippen molar-refractivity contribution in [2.45, 2.75) is 32.2 Å². The Bertz CT molecular complexity index is 729. The fourth-order valence-corrected chi connectivity index (χ4v) is 3.91. The number of amides is 1. The van der Waals surface area contributed by atoms with Crippen LogP contribution in [-0.4, -0.2) is 46.9 Å². The number of carbonyl (C=O) groups is 1. The van der Waals surface area contributed by atoms with E-state index in [0.717, 1.165) is 56.8 Å². The van der Waals surface area contributed by atoms with E-state index in [-0.39, 0.29) is 5.91 Å². The first-order valence-electron chi connectivity index (χ1n) is 9.17. The third-order valence-corrected chi connectivity index (χ3v) is 5.42. The standard InChI is InChI=1S/C20H25N3O2/c1-15-19(12-21-23(15)18-7-9-25-10-8-18)20(24)22-13-17(14-22)11-16-5-3-2-4-6-16/h2-6,12,17-18H,7-11,13-14H2,1H3. The molecule has 0 atom stereocenters. The molecule has 2 aliphatic heterocycles. The Labute approximate surface area is 148 Å². The summed E-state index contributed by atoms with van der Waals surface area (Å²) in [6.45, 7) is 5.25. The first-order valence-corrected chi connectivity index (χ1v) is 9.17. The fraction of sp³-hybridized carbons (Fsp3) is 0.500. The molecule has 2 saturated heterocycles. The molecule has 2 aliphatic rings. The van der Waals surface area contributed by atoms with Gasteiger partial charge in [-0.25, -0.2) is 0 Å². The lowest BCUT2D eigenvalue weighted by atomic mass is 9.91. The van der Waals surface area contributed by atoms with Crippen LogP contribution in [0.4, 0.5) is 0 Å². The van der Waals surface area contributed by atoms with Crippen LogP contribution in [0.3, 0.4) is 0 Å². The zero-order chi connectivity index (χ0) is 17.2. The normalized spacial score (nSPS) is 19.0. The third-order valence-electron chi connectivity index (χ3n) is 5.42. The Balaban J connectivity index is 1.37. The lowest BCUT2D eigenvalue weighted by Crippen LogP contribution is -2.50. The van der Waals surface area contributed by atoms with Crippen LogP contribution in [0.5, 0.6) is 0 Å². The molecule has 0 saturated carbocycles. The minimum atomic E-state index is 0.125. The topological polar surface area (TPSA) is 47.4 Å². The summed E-state index contributed by atoms with van der Waals surface area (Å²) in [6, 6.07) is 10.9. The highest BCUT2D eigenvalue weighted by Crippen LogP contribution is 2.26. The second-order valence-corrected chi connectivity index (χ2v) is 7.20. The van der Waals surface area contributed by atoms with E-state index < -0.39 is 0 Å². The fourth-order valence-electron chi connectivity index (χ4n) is 3.91. The smallest absolute Gasteiger partial charge is 0.257 e. The predicted molar refractivity (Wildman–Crippen MR) is 95.6 cm³/mol. The van der Waals surface area contributed by atoms with Crippen molar-refractivity contribution in [2.24, 2.45) is 5.92 Å². The largest absolute Gasteiger partial charge is 0.381 e. The maximum Gasteiger partial charge on any atom is 0.257 e. The third kappa shape index (κ3) is 3.33. The van der Waals surface area contributed by atoms with Crippen LogP contribution in [0.2, 0.25) is 0 Å². The molecule has 2 aromatic rings. The highest BCUT2D eigenvalue weighted by atomic mass is 16.5. The van der Waals surface area contributed by atoms with Crippen LogP contribution in [0.1, 0.15) is 40.5 Å². The molecule has 4 rings (SSSR count). The van der Waals surface area contributed by atoms with Gasteiger partial charge in [-0.2, -0.15) is 5.10 Å². The van der Waals surface area contributed by atoms with Gasteiger partial charge in [-0.15, -0.1) is 0 Å². The molecule has 1 aromatic heterocycles. The summed E-state index contributed by atoms with van der Waals surface area (Å²) in [5, 5.41) is 4.50. The van der Waals surface area contributed by atoms with Gasteiger partial charge in [0.15, 0.2) is 0 Å². The molecule has 2 fully saturated rings. The van der Waals surface area contributed by atoms with Crippen molar-refractivity contribution in [3.05, 3.63) is 53.3 Å². The van der Waals surface area contributed by atoms with E-state index in [0.29, 0.717) is 12.0 Å². The molecule has 0 N–H and O–H groups in total. The van der Waals surface area contributed by atoms with Gasteiger partial charge in [0.1, 0.15) is 0 Å². The van der Waals surface area contributed by atoms with Gasteiger partial charge in [0.2, 0.25) is 0 Å². The van der Waals surface area contributed by atoms with Gasteiger partial charge in [-0.3, -0.25) is 9.48 Å². The molecule has 25 heavy (non-hydrogen) atoms. The summed E-state index contributed by atoms with van der Waals surface area (Å²) in [4.78, 5) is 14.7. The first kappa shape index (κ1) is 16.3. The maximum atomic E-state index is 12.8. The molecule has 5 heteroatoms. The number of benzene rings is 1. The highest BCUT2D eigenvalue weighted by molar-refractivity contribution is 5.95. The van der Waals surface area contributed by atoms with E-state index in [1.165, 1.54) is 5.56 Å². The number of hydrogen-bond donors (Lipinski definition) is 0. The second kappa shape index (κ2) is 7.00. The zero-order valence-electron chi connectivity index (χ0n) is 14.7. The first-order chi connectivity index (χ1) is 12.2. The van der Waals surface area contributed by atoms with Gasteiger partial charge >= 0.3 is 0 Å². The lowest BCUT2D eigenvalue weighted by molar-refractivity contribution is 0.0499. The minimum Gasteiger partial charge on any atom is -0.381 e. The number of aromatic nitrogens is 2. The van der Waals surface area contributed by atoms with Crippen molar-refractivity contribution < 1.29 is 9.53 Å². The second-order valence-electron chi connectivity index (χ2n) is 7.20. The van der Waals surface area contributed by atoms with Gasteiger partial charge in [-0.1, -0.05) is 30.3 Å². The average molecular weight is 339 g/mol. The highest BCUT2D eigenvalue weighted by Gasteiger charge is 2.33. The minimum absolute atomic E-state index is 0.125. The van der Waals surface area contributed by atoms with Crippen molar-refractivity contribution in [3.8, 4) is 0 Å². The summed E-state index contributed by atoms with van der Waals surface area (Å²) in [5.41, 5.74) is 3.09. The van der Waals surface area contributed by atoms with E-state index in [1.807, 2.05) is 22.6 Å². The summed E-state index contributed by atoms with van der Waals surface area (Å²) in [6.07, 6.45) is 4.74. The molecule has 1 aromatic carbocycles. The van der Waals surface area contributed by atoms with E-state index in [2.05, 4.69) is 29.4 Å². The van der Waals surface area contributed by atoms with E-state index in [1.54, 1.807) is 6.20 Å². The molecular weight excluding hydrogens is 314 g/mol. The predicted octanol–water partition coefficient (Wildman–Crippen LogP) is 2.86. The number of hydrogen-bond acceptors (Lipinski definition) is 3. The maximum absolute atomic E-state index is 12.8. The van der Waals surface area contributed by atoms with Gasteiger partial charge in [0.05, 0.1) is 17.8 Å². The van der Waals surface area contributed by atoms with E-state index in [9.17, 15) is 4.79 Å². The van der Waals surface area contributed by atoms with Gasteiger partial charge in [0, 0.05) is 32.0 Å². The number of nitrogens with zero attached hydrogens (tertiary/aromatic N) is 3. The van der Waals surface area contributed by atoms with Crippen molar-refractivity contribution in [3.63, 3.8) is 0 Å². The Morgan fingerprint density at radius 2 is 1.92 bits per heavy atom. The van der Waals surface area contributed by atoms with Gasteiger partial charge < -0.3 is 9.64 Å². The molecule has 3 heterocycles. The number of carbonyl (C=O) groups excluding carboxylic acids is 1. The van der Waals surface area contributed by atoms with E-state index in [4.69, 9.17) is 4.74 Å². The molecule has 1 amide bonds. The van der Waals surface area contributed by atoms with Crippen molar-refractivity contribution in [1.29, 1.82) is 0 Å². The van der Waals surface area contributed by atoms with Crippen LogP contribution >= 0.6 is 0 Å². The van der Waals surface area contributed by atoms with Crippen LogP contribution in [0.15, 0.2) is 36.5 Å². The van der Waals surface area contributed by atoms with Crippen LogP contribution in [-0.2, 0) is 11.2 Å². The number of likely N-dealkylation sites (tertiary alicyclic amines) is 1. The Morgan fingerprint density at radius 1 is 1.20 bits per heavy atom. The average Bonchev–Trinajstić information content (AvgIpc) is 3.00. The van der Waals surface area contributed by atoms with Crippen LogP contribution in [0.25, 0.3) is 0 Å². The number of ether oxygens (including phenoxy) is 1. The van der Waals surface area contributed by atoms with Gasteiger partial charge in [0.25, 0.3) is 5.91 Å². The molecule has 0 bridgehead atoms. The van der Waals surface area contributed by atoms with Crippen molar-refractivity contribution >= 4 is 5.91 Å². The molecule has 0 spiro atoms. The molecule has 132 valence electrons. The Morgan fingerprint density at radius 3 is 2.64 bits per heavy atom. The zero-order valence-corrected chi connectivity index (χ0v) is 14.7. The molecule has 5 nitrogen and oxygen atoms in total. The number of rotatable bonds is 4. The lowest BCUT2D eigenvalue weighted by Gasteiger charge is -2.39. The monoisotopic (exact) mass is 339 g/mol. The van der Waals surface area contributed by atoms with Gasteiger partial charge in [-0.05, 0) is 37.7 Å². The van der Waals surface area contributed by atoms with Crippen LogP contribution in [0, 0.1) is 12.8 Å². The molecule has 0 radical (unpaired) electrons. The summed E-state index contributed by atoms with van der Waals surface area (Å²) < 4.78 is 7.45. The van der Waals surface area contributed by atoms with Crippen LogP contribution < -0.4 is 0 Å². The molecular formula is C20H25N3O2. The summed E-state index contributed by atoms with van der Waals surface area (Å²) in [5.74, 6) is 0.692. The van der Waals surface area contributed by atoms with E-state index >= 15 is 0 Å². The van der Waals surface area contributed by atoms with Crippen molar-refractivity contribution in [1.82, 2.24) is 14.7 Å². The molecule has 0 aliphatic carbocycles.